The Morgan fingerprint density at radius 1 is 0.228 bits per heavy atom. The minimum absolute atomic E-state index is 0.517. The number of aliphatic hydroxyl groups is 1. The van der Waals surface area contributed by atoms with E-state index in [1.165, 1.54) is 0 Å². The molecule has 0 aliphatic carbocycles. The molecule has 57 heavy (non-hydrogen) atoms. The Morgan fingerprint density at radius 3 is 0.526 bits per heavy atom. The van der Waals surface area contributed by atoms with Crippen molar-refractivity contribution in [3.05, 3.63) is 0 Å². The van der Waals surface area contributed by atoms with E-state index in [-0.39, 0.29) is 0 Å². The van der Waals surface area contributed by atoms with Crippen LogP contribution in [-0.4, -0.2) is 106 Å². The fourth-order valence-corrected chi connectivity index (χ4v) is 3.68. The molecule has 1 nitrogen and oxygen atoms in total. The molecule has 0 spiro atoms. The van der Waals surface area contributed by atoms with Crippen LogP contribution in [0.1, 0.15) is 32.6 Å². The predicted molar refractivity (Wildman–Crippen MR) is 110 cm³/mol. The number of rotatable bonds is 18. The van der Waals surface area contributed by atoms with Crippen LogP contribution >= 0.6 is 0 Å². The molecule has 0 atom stereocenters. The van der Waals surface area contributed by atoms with E-state index in [9.17, 15) is 154 Å². The van der Waals surface area contributed by atoms with Gasteiger partial charge < -0.3 is 5.11 Å². The Hall–Kier alpha value is -2.42. The minimum Gasteiger partial charge on any atom is -0.390 e. The standard InChI is InChI=1S/C22H12F34O/c1-6(57,2-4-7(23,24)9(27,28)11(31,32)13(35,36)15(39,40)17(43,44)19(47,48)21(51,52)53)3-5-8(25,26)10(29,30)12(33,34)14(37,38)16(41,42)18(45,46)20(49,50)22(54,55)56/h57H,2-5H2,1H3. The second kappa shape index (κ2) is 13.8. The largest absolute Gasteiger partial charge is 0.460 e. The molecule has 0 saturated carbocycles. The molecule has 0 aliphatic rings. The Balaban J connectivity index is 6.66. The van der Waals surface area contributed by atoms with Crippen molar-refractivity contribution in [2.75, 3.05) is 0 Å². The van der Waals surface area contributed by atoms with E-state index in [1.54, 1.807) is 0 Å². The molecule has 0 heterocycles. The van der Waals surface area contributed by atoms with E-state index in [1.807, 2.05) is 0 Å². The summed E-state index contributed by atoms with van der Waals surface area (Å²) in [7, 11) is 0. The summed E-state index contributed by atoms with van der Waals surface area (Å²) in [6, 6.07) is 0. The van der Waals surface area contributed by atoms with Gasteiger partial charge in [-0.1, -0.05) is 0 Å². The van der Waals surface area contributed by atoms with Gasteiger partial charge in [-0.25, -0.2) is 0 Å². The van der Waals surface area contributed by atoms with Crippen molar-refractivity contribution in [3.8, 4) is 0 Å². The fourth-order valence-electron chi connectivity index (χ4n) is 3.68. The first-order valence-electron chi connectivity index (χ1n) is 13.1. The lowest BCUT2D eigenvalue weighted by Gasteiger charge is -2.43. The van der Waals surface area contributed by atoms with Gasteiger partial charge in [0.15, 0.2) is 0 Å². The third kappa shape index (κ3) is 7.53. The monoisotopic (exact) mass is 938 g/mol. The highest BCUT2D eigenvalue weighted by molar-refractivity contribution is 5.17. The highest BCUT2D eigenvalue weighted by Gasteiger charge is 2.97. The van der Waals surface area contributed by atoms with Gasteiger partial charge in [-0.3, -0.25) is 0 Å². The average Bonchev–Trinajstić information content (AvgIpc) is 2.96. The summed E-state index contributed by atoms with van der Waals surface area (Å²) >= 11 is 0. The number of alkyl halides is 34. The number of hydrogen-bond acceptors (Lipinski definition) is 1. The fraction of sp³-hybridized carbons (Fsp3) is 1.00. The summed E-state index contributed by atoms with van der Waals surface area (Å²) in [5, 5.41) is 9.66. The number of hydrogen-bond donors (Lipinski definition) is 1. The van der Waals surface area contributed by atoms with Gasteiger partial charge >= 0.3 is 95.3 Å². The molecule has 0 rings (SSSR count). The second-order valence-electron chi connectivity index (χ2n) is 11.8. The van der Waals surface area contributed by atoms with Crippen molar-refractivity contribution in [1.29, 1.82) is 0 Å². The zero-order valence-electron chi connectivity index (χ0n) is 25.6. The molecule has 1 N–H and O–H groups in total. The van der Waals surface area contributed by atoms with Crippen molar-refractivity contribution < 1.29 is 154 Å². The summed E-state index contributed by atoms with van der Waals surface area (Å²) in [6.45, 7) is -0.517. The molecule has 0 aromatic heterocycles. The molecule has 0 saturated heterocycles. The lowest BCUT2D eigenvalue weighted by Crippen LogP contribution is -2.74. The van der Waals surface area contributed by atoms with Gasteiger partial charge in [0.25, 0.3) is 0 Å². The predicted octanol–water partition coefficient (Wildman–Crippen LogP) is 12.3. The van der Waals surface area contributed by atoms with Gasteiger partial charge in [0.2, 0.25) is 0 Å². The lowest BCUT2D eigenvalue weighted by atomic mass is 9.84. The number of halogens is 34. The first-order valence-corrected chi connectivity index (χ1v) is 13.1. The minimum atomic E-state index is -9.14. The van der Waals surface area contributed by atoms with Crippen LogP contribution in [0.4, 0.5) is 149 Å². The second-order valence-corrected chi connectivity index (χ2v) is 11.8. The van der Waals surface area contributed by atoms with Crippen LogP contribution in [0.2, 0.25) is 0 Å². The van der Waals surface area contributed by atoms with Gasteiger partial charge in [0, 0.05) is 12.8 Å². The highest BCUT2D eigenvalue weighted by Crippen LogP contribution is 2.66. The van der Waals surface area contributed by atoms with Crippen LogP contribution in [0.15, 0.2) is 0 Å². The lowest BCUT2D eigenvalue weighted by molar-refractivity contribution is -0.462. The molecular formula is C22H12F34O. The van der Waals surface area contributed by atoms with Crippen molar-refractivity contribution in [2.24, 2.45) is 0 Å². The smallest absolute Gasteiger partial charge is 0.390 e. The molecule has 35 heteroatoms. The Labute approximate surface area is 289 Å². The quantitative estimate of drug-likeness (QED) is 0.136. The maximum Gasteiger partial charge on any atom is 0.460 e. The van der Waals surface area contributed by atoms with Gasteiger partial charge in [-0.15, -0.1) is 0 Å². The first kappa shape index (κ1) is 54.6. The van der Waals surface area contributed by atoms with E-state index in [4.69, 9.17) is 0 Å². The van der Waals surface area contributed by atoms with Gasteiger partial charge in [-0.2, -0.15) is 149 Å². The van der Waals surface area contributed by atoms with Gasteiger partial charge in [0.05, 0.1) is 5.60 Å². The van der Waals surface area contributed by atoms with E-state index in [0.29, 0.717) is 0 Å². The van der Waals surface area contributed by atoms with Crippen molar-refractivity contribution in [3.63, 3.8) is 0 Å². The van der Waals surface area contributed by atoms with Crippen LogP contribution < -0.4 is 0 Å². The maximum atomic E-state index is 14.0. The van der Waals surface area contributed by atoms with Crippen LogP contribution in [0.5, 0.6) is 0 Å². The third-order valence-corrected chi connectivity index (χ3v) is 7.53. The molecule has 0 bridgehead atoms. The third-order valence-electron chi connectivity index (χ3n) is 7.53. The van der Waals surface area contributed by atoms with E-state index in [2.05, 4.69) is 0 Å². The molecule has 344 valence electrons. The van der Waals surface area contributed by atoms with Crippen LogP contribution in [0.25, 0.3) is 0 Å². The van der Waals surface area contributed by atoms with Crippen molar-refractivity contribution in [2.45, 2.75) is 133 Å². The normalized spacial score (nSPS) is 17.1. The van der Waals surface area contributed by atoms with Crippen LogP contribution in [0.3, 0.4) is 0 Å². The molecule has 0 aromatic carbocycles. The molecule has 0 aliphatic heterocycles. The SMILES string of the molecule is CC(O)(CCC(F)(F)C(F)(F)C(F)(F)C(F)(F)C(F)(F)C(F)(F)C(F)(F)C(F)(F)F)CCC(F)(F)C(F)(F)C(F)(F)C(F)(F)C(F)(F)C(F)(F)C(F)(F)C(F)(F)F. The first-order chi connectivity index (χ1) is 23.9. The average molecular weight is 938 g/mol. The summed E-state index contributed by atoms with van der Waals surface area (Å²) in [5.41, 5.74) is -4.22. The molecule has 0 fully saturated rings. The summed E-state index contributed by atoms with van der Waals surface area (Å²) in [5.74, 6) is -121. The van der Waals surface area contributed by atoms with Crippen molar-refractivity contribution >= 4 is 0 Å². The Morgan fingerprint density at radius 2 is 0.368 bits per heavy atom. The van der Waals surface area contributed by atoms with E-state index in [0.717, 1.165) is 0 Å². The molecule has 0 aromatic rings. The highest BCUT2D eigenvalue weighted by atomic mass is 19.4. The Kier molecular flexibility index (Phi) is 13.2. The zero-order chi connectivity index (χ0) is 47.3. The van der Waals surface area contributed by atoms with E-state index >= 15 is 0 Å². The molecule has 0 unspecified atom stereocenters. The Bertz CT molecular complexity index is 1300. The van der Waals surface area contributed by atoms with Crippen molar-refractivity contribution in [1.82, 2.24) is 0 Å². The summed E-state index contributed by atoms with van der Waals surface area (Å²) < 4.78 is 453. The van der Waals surface area contributed by atoms with Crippen LogP contribution in [-0.2, 0) is 0 Å². The molecule has 0 amide bonds. The van der Waals surface area contributed by atoms with Gasteiger partial charge in [-0.05, 0) is 19.8 Å². The summed E-state index contributed by atoms with van der Waals surface area (Å²) in [4.78, 5) is 0. The van der Waals surface area contributed by atoms with Gasteiger partial charge in [0.1, 0.15) is 0 Å². The topological polar surface area (TPSA) is 20.2 Å². The van der Waals surface area contributed by atoms with Crippen LogP contribution in [0, 0.1) is 0 Å². The van der Waals surface area contributed by atoms with E-state index < -0.39 is 133 Å². The molecular weight excluding hydrogens is 926 g/mol. The zero-order valence-corrected chi connectivity index (χ0v) is 25.6. The maximum absolute atomic E-state index is 14.0. The molecule has 0 radical (unpaired) electrons. The summed E-state index contributed by atoms with van der Waals surface area (Å²) in [6.07, 6.45) is -29.5.